The Kier molecular flexibility index (Phi) is 7.03. The number of benzene rings is 1. The highest BCUT2D eigenvalue weighted by atomic mass is 16.5. The molecule has 1 unspecified atom stereocenters. The van der Waals surface area contributed by atoms with Gasteiger partial charge in [-0.2, -0.15) is 0 Å². The first-order valence-corrected chi connectivity index (χ1v) is 7.42. The Balaban J connectivity index is 2.57. The predicted octanol–water partition coefficient (Wildman–Crippen LogP) is 3.42. The number of hydrogen-bond acceptors (Lipinski definition) is 3. The van der Waals surface area contributed by atoms with Crippen LogP contribution >= 0.6 is 0 Å². The van der Waals surface area contributed by atoms with E-state index < -0.39 is 0 Å². The Hall–Kier alpha value is -1.06. The minimum Gasteiger partial charge on any atom is -0.497 e. The molecule has 1 rings (SSSR count). The van der Waals surface area contributed by atoms with Crippen molar-refractivity contribution in [3.8, 4) is 5.75 Å². The van der Waals surface area contributed by atoms with E-state index in [1.54, 1.807) is 14.2 Å². The molecular weight excluding hydrogens is 250 g/mol. The Labute approximate surface area is 123 Å². The SMILES string of the molecule is CCNC(CCC(C)(C)OC)Cc1ccc(OC)cc1. The maximum atomic E-state index is 5.50. The van der Waals surface area contributed by atoms with Crippen LogP contribution in [0.2, 0.25) is 0 Å². The molecule has 1 N–H and O–H groups in total. The van der Waals surface area contributed by atoms with Crippen molar-refractivity contribution < 1.29 is 9.47 Å². The molecule has 1 atom stereocenters. The van der Waals surface area contributed by atoms with Crippen LogP contribution in [-0.2, 0) is 11.2 Å². The molecule has 3 nitrogen and oxygen atoms in total. The van der Waals surface area contributed by atoms with Gasteiger partial charge in [-0.25, -0.2) is 0 Å². The van der Waals surface area contributed by atoms with Gasteiger partial charge in [0.2, 0.25) is 0 Å². The smallest absolute Gasteiger partial charge is 0.118 e. The summed E-state index contributed by atoms with van der Waals surface area (Å²) < 4.78 is 10.7. The Morgan fingerprint density at radius 1 is 1.15 bits per heavy atom. The summed E-state index contributed by atoms with van der Waals surface area (Å²) in [5.41, 5.74) is 1.29. The van der Waals surface area contributed by atoms with E-state index in [1.807, 2.05) is 12.1 Å². The van der Waals surface area contributed by atoms with Crippen molar-refractivity contribution in [3.05, 3.63) is 29.8 Å². The van der Waals surface area contributed by atoms with Crippen LogP contribution in [0.4, 0.5) is 0 Å². The van der Waals surface area contributed by atoms with Gasteiger partial charge in [0.05, 0.1) is 12.7 Å². The second kappa shape index (κ2) is 8.28. The van der Waals surface area contributed by atoms with Gasteiger partial charge >= 0.3 is 0 Å². The zero-order valence-corrected chi connectivity index (χ0v) is 13.5. The summed E-state index contributed by atoms with van der Waals surface area (Å²) in [4.78, 5) is 0. The molecule has 0 aliphatic carbocycles. The standard InChI is InChI=1S/C17H29NO2/c1-6-18-15(11-12-17(2,3)20-5)13-14-7-9-16(19-4)10-8-14/h7-10,15,18H,6,11-13H2,1-5H3. The molecular formula is C17H29NO2. The minimum atomic E-state index is -0.0480. The van der Waals surface area contributed by atoms with Gasteiger partial charge in [-0.15, -0.1) is 0 Å². The molecule has 0 aliphatic heterocycles. The summed E-state index contributed by atoms with van der Waals surface area (Å²) in [5.74, 6) is 0.911. The van der Waals surface area contributed by atoms with Crippen LogP contribution in [-0.4, -0.2) is 32.4 Å². The molecule has 0 heterocycles. The maximum Gasteiger partial charge on any atom is 0.118 e. The number of likely N-dealkylation sites (N-methyl/N-ethyl adjacent to an activating group) is 1. The van der Waals surface area contributed by atoms with Crippen LogP contribution in [0, 0.1) is 0 Å². The lowest BCUT2D eigenvalue weighted by molar-refractivity contribution is 0.0117. The van der Waals surface area contributed by atoms with E-state index in [2.05, 4.69) is 38.2 Å². The van der Waals surface area contributed by atoms with Crippen LogP contribution in [0.15, 0.2) is 24.3 Å². The van der Waals surface area contributed by atoms with Gasteiger partial charge < -0.3 is 14.8 Å². The van der Waals surface area contributed by atoms with E-state index in [4.69, 9.17) is 9.47 Å². The van der Waals surface area contributed by atoms with Crippen molar-refractivity contribution in [2.45, 2.75) is 51.7 Å². The van der Waals surface area contributed by atoms with Crippen LogP contribution in [0.3, 0.4) is 0 Å². The van der Waals surface area contributed by atoms with E-state index in [0.717, 1.165) is 31.6 Å². The highest BCUT2D eigenvalue weighted by Gasteiger charge is 2.19. The van der Waals surface area contributed by atoms with Crippen molar-refractivity contribution in [1.29, 1.82) is 0 Å². The molecule has 1 aromatic carbocycles. The molecule has 3 heteroatoms. The van der Waals surface area contributed by atoms with Crippen molar-refractivity contribution in [1.82, 2.24) is 5.32 Å². The van der Waals surface area contributed by atoms with Gasteiger partial charge in [-0.3, -0.25) is 0 Å². The predicted molar refractivity (Wildman–Crippen MR) is 84.5 cm³/mol. The van der Waals surface area contributed by atoms with Gasteiger partial charge in [-0.1, -0.05) is 19.1 Å². The molecule has 20 heavy (non-hydrogen) atoms. The number of hydrogen-bond donors (Lipinski definition) is 1. The zero-order valence-electron chi connectivity index (χ0n) is 13.5. The Bertz CT molecular complexity index is 373. The lowest BCUT2D eigenvalue weighted by Crippen LogP contribution is -2.34. The van der Waals surface area contributed by atoms with Gasteiger partial charge in [0.15, 0.2) is 0 Å². The fraction of sp³-hybridized carbons (Fsp3) is 0.647. The number of rotatable bonds is 9. The second-order valence-corrected chi connectivity index (χ2v) is 5.81. The third-order valence-electron chi connectivity index (χ3n) is 3.78. The molecule has 0 saturated heterocycles. The zero-order chi connectivity index (χ0) is 15.0. The van der Waals surface area contributed by atoms with Crippen molar-refractivity contribution in [2.24, 2.45) is 0 Å². The van der Waals surface area contributed by atoms with E-state index in [-0.39, 0.29) is 5.60 Å². The summed E-state index contributed by atoms with van der Waals surface area (Å²) in [5, 5.41) is 3.57. The maximum absolute atomic E-state index is 5.50. The summed E-state index contributed by atoms with van der Waals surface area (Å²) >= 11 is 0. The summed E-state index contributed by atoms with van der Waals surface area (Å²) in [6.45, 7) is 7.43. The highest BCUT2D eigenvalue weighted by Crippen LogP contribution is 2.19. The lowest BCUT2D eigenvalue weighted by atomic mass is 9.95. The second-order valence-electron chi connectivity index (χ2n) is 5.81. The molecule has 0 aliphatic rings. The summed E-state index contributed by atoms with van der Waals surface area (Å²) in [6, 6.07) is 8.83. The van der Waals surface area contributed by atoms with Crippen LogP contribution in [0.1, 0.15) is 39.2 Å². The largest absolute Gasteiger partial charge is 0.497 e. The van der Waals surface area contributed by atoms with Gasteiger partial charge in [0.1, 0.15) is 5.75 Å². The van der Waals surface area contributed by atoms with Crippen molar-refractivity contribution >= 4 is 0 Å². The third-order valence-corrected chi connectivity index (χ3v) is 3.78. The molecule has 1 aromatic rings. The minimum absolute atomic E-state index is 0.0480. The molecule has 0 saturated carbocycles. The number of ether oxygens (including phenoxy) is 2. The highest BCUT2D eigenvalue weighted by molar-refractivity contribution is 5.27. The number of nitrogens with one attached hydrogen (secondary N) is 1. The van der Waals surface area contributed by atoms with Crippen molar-refractivity contribution in [2.75, 3.05) is 20.8 Å². The summed E-state index contributed by atoms with van der Waals surface area (Å²) in [7, 11) is 3.48. The first-order valence-electron chi connectivity index (χ1n) is 7.42. The van der Waals surface area contributed by atoms with E-state index in [1.165, 1.54) is 5.56 Å². The third kappa shape index (κ3) is 5.93. The lowest BCUT2D eigenvalue weighted by Gasteiger charge is -2.26. The quantitative estimate of drug-likeness (QED) is 0.751. The van der Waals surface area contributed by atoms with Crippen LogP contribution < -0.4 is 10.1 Å². The van der Waals surface area contributed by atoms with Crippen molar-refractivity contribution in [3.63, 3.8) is 0 Å². The van der Waals surface area contributed by atoms with Crippen LogP contribution in [0.25, 0.3) is 0 Å². The molecule has 0 amide bonds. The molecule has 0 radical (unpaired) electrons. The average molecular weight is 279 g/mol. The fourth-order valence-corrected chi connectivity index (χ4v) is 2.23. The normalized spacial score (nSPS) is 13.2. The Morgan fingerprint density at radius 2 is 1.80 bits per heavy atom. The first-order chi connectivity index (χ1) is 9.50. The monoisotopic (exact) mass is 279 g/mol. The molecule has 0 bridgehead atoms. The molecule has 114 valence electrons. The number of methoxy groups -OCH3 is 2. The molecule has 0 spiro atoms. The fourth-order valence-electron chi connectivity index (χ4n) is 2.23. The van der Waals surface area contributed by atoms with Gasteiger partial charge in [0, 0.05) is 13.2 Å². The van der Waals surface area contributed by atoms with E-state index >= 15 is 0 Å². The summed E-state index contributed by atoms with van der Waals surface area (Å²) in [6.07, 6.45) is 3.20. The molecule has 0 fully saturated rings. The van der Waals surface area contributed by atoms with E-state index in [9.17, 15) is 0 Å². The van der Waals surface area contributed by atoms with E-state index in [0.29, 0.717) is 6.04 Å². The topological polar surface area (TPSA) is 30.5 Å². The Morgan fingerprint density at radius 3 is 2.30 bits per heavy atom. The first kappa shape index (κ1) is 17.0. The van der Waals surface area contributed by atoms with Gasteiger partial charge in [0.25, 0.3) is 0 Å². The average Bonchev–Trinajstić information content (AvgIpc) is 2.46. The van der Waals surface area contributed by atoms with Crippen LogP contribution in [0.5, 0.6) is 5.75 Å². The molecule has 0 aromatic heterocycles. The van der Waals surface area contributed by atoms with Gasteiger partial charge in [-0.05, 0) is 57.4 Å².